The number of cyclic esters (lactones) is 2. The van der Waals surface area contributed by atoms with Gasteiger partial charge in [-0.1, -0.05) is 57.8 Å². The number of ether oxygens (including phenoxy) is 2. The highest BCUT2D eigenvalue weighted by atomic mass is 16.6. The quantitative estimate of drug-likeness (QED) is 0.352. The first-order valence-corrected chi connectivity index (χ1v) is 10.9. The van der Waals surface area contributed by atoms with Crippen LogP contribution in [-0.4, -0.2) is 35.4 Å². The molecule has 0 aromatic heterocycles. The average Bonchev–Trinajstić information content (AvgIpc) is 3.20. The van der Waals surface area contributed by atoms with E-state index in [1.165, 1.54) is 44.9 Å². The lowest BCUT2D eigenvalue weighted by molar-refractivity contribution is -0.145. The fourth-order valence-electron chi connectivity index (χ4n) is 3.90. The predicted octanol–water partition coefficient (Wildman–Crippen LogP) is 4.61. The Morgan fingerprint density at radius 1 is 0.963 bits per heavy atom. The molecule has 3 atom stereocenters. The summed E-state index contributed by atoms with van der Waals surface area (Å²) in [5.41, 5.74) is 0.860. The Morgan fingerprint density at radius 2 is 1.56 bits per heavy atom. The van der Waals surface area contributed by atoms with E-state index in [4.69, 9.17) is 9.47 Å². The van der Waals surface area contributed by atoms with E-state index in [2.05, 4.69) is 0 Å². The summed E-state index contributed by atoms with van der Waals surface area (Å²) in [7, 11) is 0. The van der Waals surface area contributed by atoms with Gasteiger partial charge in [0.25, 0.3) is 0 Å². The lowest BCUT2D eigenvalue weighted by Gasteiger charge is -2.16. The van der Waals surface area contributed by atoms with Crippen molar-refractivity contribution in [2.24, 2.45) is 0 Å². The molecule has 0 spiro atoms. The van der Waals surface area contributed by atoms with E-state index in [0.29, 0.717) is 12.8 Å². The van der Waals surface area contributed by atoms with Gasteiger partial charge in [-0.15, -0.1) is 0 Å². The first-order chi connectivity index (χ1) is 13.1. The van der Waals surface area contributed by atoms with E-state index in [9.17, 15) is 14.7 Å². The van der Waals surface area contributed by atoms with Crippen LogP contribution in [0.4, 0.5) is 0 Å². The summed E-state index contributed by atoms with van der Waals surface area (Å²) in [6.45, 7) is 1.90. The summed E-state index contributed by atoms with van der Waals surface area (Å²) in [5, 5.41) is 10.0. The van der Waals surface area contributed by atoms with Crippen molar-refractivity contribution in [2.45, 2.75) is 115 Å². The van der Waals surface area contributed by atoms with Gasteiger partial charge in [0, 0.05) is 12.0 Å². The molecule has 0 bridgehead atoms. The van der Waals surface area contributed by atoms with E-state index in [-0.39, 0.29) is 24.1 Å². The Morgan fingerprint density at radius 3 is 2.07 bits per heavy atom. The third-order valence-electron chi connectivity index (χ3n) is 5.53. The highest BCUT2D eigenvalue weighted by Crippen LogP contribution is 2.22. The van der Waals surface area contributed by atoms with Crippen LogP contribution in [0.25, 0.3) is 0 Å². The topological polar surface area (TPSA) is 72.8 Å². The SMILES string of the molecule is C[C@@H]1C=C(CCCCCCCCCCCC[C@H](O)[C@@H]2CCC(=O)O2)C(=O)O1. The van der Waals surface area contributed by atoms with Crippen LogP contribution < -0.4 is 0 Å². The Labute approximate surface area is 163 Å². The van der Waals surface area contributed by atoms with Crippen LogP contribution in [0.1, 0.15) is 96.8 Å². The van der Waals surface area contributed by atoms with Crippen molar-refractivity contribution in [1.82, 2.24) is 0 Å². The molecule has 1 fully saturated rings. The van der Waals surface area contributed by atoms with Crippen molar-refractivity contribution in [1.29, 1.82) is 0 Å². The lowest BCUT2D eigenvalue weighted by atomic mass is 10.0. The van der Waals surface area contributed by atoms with Gasteiger partial charge in [0.2, 0.25) is 0 Å². The molecule has 2 aliphatic heterocycles. The van der Waals surface area contributed by atoms with Gasteiger partial charge in [-0.05, 0) is 38.7 Å². The second kappa shape index (κ2) is 12.2. The standard InChI is InChI=1S/C22H36O5/c1-17-16-18(22(25)26-17)12-10-8-6-4-2-3-5-7-9-11-13-19(23)20-14-15-21(24)27-20/h16-17,19-20,23H,2-15H2,1H3/t17-,19+,20+/m1/s1. The molecule has 0 amide bonds. The molecular weight excluding hydrogens is 344 g/mol. The Hall–Kier alpha value is -1.36. The van der Waals surface area contributed by atoms with Crippen molar-refractivity contribution >= 4 is 11.9 Å². The summed E-state index contributed by atoms with van der Waals surface area (Å²) in [4.78, 5) is 22.5. The molecule has 0 saturated carbocycles. The first-order valence-electron chi connectivity index (χ1n) is 10.9. The highest BCUT2D eigenvalue weighted by molar-refractivity contribution is 5.90. The predicted molar refractivity (Wildman–Crippen MR) is 104 cm³/mol. The Kier molecular flexibility index (Phi) is 9.89. The van der Waals surface area contributed by atoms with Crippen LogP contribution in [-0.2, 0) is 19.1 Å². The number of aliphatic hydroxyl groups is 1. The zero-order chi connectivity index (χ0) is 19.5. The smallest absolute Gasteiger partial charge is 0.334 e. The molecule has 5 nitrogen and oxygen atoms in total. The molecule has 2 rings (SSSR count). The third kappa shape index (κ3) is 8.46. The maximum absolute atomic E-state index is 11.5. The minimum absolute atomic E-state index is 0.0454. The van der Waals surface area contributed by atoms with Crippen molar-refractivity contribution in [3.63, 3.8) is 0 Å². The highest BCUT2D eigenvalue weighted by Gasteiger charge is 2.29. The normalized spacial score (nSPS) is 23.3. The van der Waals surface area contributed by atoms with E-state index in [1.54, 1.807) is 0 Å². The molecule has 154 valence electrons. The zero-order valence-corrected chi connectivity index (χ0v) is 16.8. The molecule has 2 aliphatic rings. The summed E-state index contributed by atoms with van der Waals surface area (Å²) in [6, 6.07) is 0. The van der Waals surface area contributed by atoms with Crippen LogP contribution in [0, 0.1) is 0 Å². The van der Waals surface area contributed by atoms with E-state index < -0.39 is 6.10 Å². The van der Waals surface area contributed by atoms with Gasteiger partial charge in [0.15, 0.2) is 0 Å². The second-order valence-corrected chi connectivity index (χ2v) is 8.01. The number of hydrogen-bond donors (Lipinski definition) is 1. The number of rotatable bonds is 14. The third-order valence-corrected chi connectivity index (χ3v) is 5.53. The molecule has 0 aromatic rings. The van der Waals surface area contributed by atoms with E-state index >= 15 is 0 Å². The summed E-state index contributed by atoms with van der Waals surface area (Å²) >= 11 is 0. The van der Waals surface area contributed by atoms with Gasteiger partial charge in [-0.3, -0.25) is 4.79 Å². The van der Waals surface area contributed by atoms with Gasteiger partial charge in [-0.25, -0.2) is 4.79 Å². The lowest BCUT2D eigenvalue weighted by Crippen LogP contribution is -2.25. The minimum Gasteiger partial charge on any atom is -0.460 e. The van der Waals surface area contributed by atoms with Crippen LogP contribution in [0.2, 0.25) is 0 Å². The molecule has 1 N–H and O–H groups in total. The molecule has 0 aromatic carbocycles. The number of carbonyl (C=O) groups excluding carboxylic acids is 2. The monoisotopic (exact) mass is 380 g/mol. The minimum atomic E-state index is -0.485. The van der Waals surface area contributed by atoms with Crippen LogP contribution in [0.3, 0.4) is 0 Å². The number of esters is 2. The van der Waals surface area contributed by atoms with Gasteiger partial charge in [-0.2, -0.15) is 0 Å². The van der Waals surface area contributed by atoms with E-state index in [0.717, 1.165) is 37.7 Å². The fraction of sp³-hybridized carbons (Fsp3) is 0.818. The largest absolute Gasteiger partial charge is 0.460 e. The average molecular weight is 381 g/mol. The second-order valence-electron chi connectivity index (χ2n) is 8.01. The summed E-state index contributed by atoms with van der Waals surface area (Å²) < 4.78 is 10.2. The van der Waals surface area contributed by atoms with Crippen molar-refractivity contribution in [3.8, 4) is 0 Å². The summed E-state index contributed by atoms with van der Waals surface area (Å²) in [5.74, 6) is -0.300. The number of aliphatic hydroxyl groups excluding tert-OH is 1. The maximum atomic E-state index is 11.5. The summed E-state index contributed by atoms with van der Waals surface area (Å²) in [6.07, 6.45) is 15.8. The van der Waals surface area contributed by atoms with Crippen LogP contribution >= 0.6 is 0 Å². The fourth-order valence-corrected chi connectivity index (χ4v) is 3.90. The molecular formula is C22H36O5. The van der Waals surface area contributed by atoms with Crippen LogP contribution in [0.5, 0.6) is 0 Å². The molecule has 0 radical (unpaired) electrons. The zero-order valence-electron chi connectivity index (χ0n) is 16.8. The molecule has 27 heavy (non-hydrogen) atoms. The van der Waals surface area contributed by atoms with Crippen molar-refractivity contribution in [2.75, 3.05) is 0 Å². The molecule has 1 saturated heterocycles. The first kappa shape index (κ1) is 21.9. The van der Waals surface area contributed by atoms with Crippen LogP contribution in [0.15, 0.2) is 11.6 Å². The molecule has 0 aliphatic carbocycles. The molecule has 0 unspecified atom stereocenters. The van der Waals surface area contributed by atoms with Gasteiger partial charge in [0.1, 0.15) is 12.2 Å². The van der Waals surface area contributed by atoms with E-state index in [1.807, 2.05) is 13.0 Å². The Balaban J connectivity index is 1.32. The van der Waals surface area contributed by atoms with Crippen molar-refractivity contribution < 1.29 is 24.2 Å². The number of carbonyl (C=O) groups is 2. The molecule has 2 heterocycles. The Bertz CT molecular complexity index is 499. The number of unbranched alkanes of at least 4 members (excludes halogenated alkanes) is 9. The maximum Gasteiger partial charge on any atom is 0.334 e. The van der Waals surface area contributed by atoms with Crippen molar-refractivity contribution in [3.05, 3.63) is 11.6 Å². The van der Waals surface area contributed by atoms with Gasteiger partial charge >= 0.3 is 11.9 Å². The van der Waals surface area contributed by atoms with Gasteiger partial charge in [0.05, 0.1) is 6.10 Å². The number of hydrogen-bond acceptors (Lipinski definition) is 5. The molecule has 5 heteroatoms. The van der Waals surface area contributed by atoms with Gasteiger partial charge < -0.3 is 14.6 Å².